The number of benzene rings is 3. The Bertz CT molecular complexity index is 1120. The largest absolute Gasteiger partial charge is 0.484 e. The lowest BCUT2D eigenvalue weighted by Crippen LogP contribution is -2.26. The average Bonchev–Trinajstić information content (AvgIpc) is 2.74. The fourth-order valence-electron chi connectivity index (χ4n) is 2.66. The summed E-state index contributed by atoms with van der Waals surface area (Å²) >= 11 is 12.0. The standard InChI is InChI=1S/C22H19Cl2N3O3/c1-14(11-20(28)25-19-8-4-7-18(23)22(19)24)26-27-21(29)13-30-17-10-9-15-5-2-3-6-16(15)12-17/h2-10,12H,11,13H2,1H3,(H,25,28)(H,27,29). The monoisotopic (exact) mass is 443 g/mol. The zero-order valence-corrected chi connectivity index (χ0v) is 17.6. The van der Waals surface area contributed by atoms with Gasteiger partial charge < -0.3 is 10.1 Å². The minimum Gasteiger partial charge on any atom is -0.484 e. The maximum Gasteiger partial charge on any atom is 0.277 e. The van der Waals surface area contributed by atoms with Gasteiger partial charge in [0.15, 0.2) is 6.61 Å². The SMILES string of the molecule is CC(CC(=O)Nc1cccc(Cl)c1Cl)=NNC(=O)COc1ccc2ccccc2c1. The Balaban J connectivity index is 1.47. The molecule has 2 N–H and O–H groups in total. The molecule has 0 aliphatic rings. The van der Waals surface area contributed by atoms with Crippen molar-refractivity contribution < 1.29 is 14.3 Å². The lowest BCUT2D eigenvalue weighted by molar-refractivity contribution is -0.123. The fraction of sp³-hybridized carbons (Fsp3) is 0.136. The summed E-state index contributed by atoms with van der Waals surface area (Å²) in [4.78, 5) is 24.1. The van der Waals surface area contributed by atoms with Gasteiger partial charge in [0, 0.05) is 5.71 Å². The summed E-state index contributed by atoms with van der Waals surface area (Å²) in [6.07, 6.45) is -0.0192. The molecule has 2 amide bonds. The van der Waals surface area contributed by atoms with Crippen LogP contribution in [0.1, 0.15) is 13.3 Å². The summed E-state index contributed by atoms with van der Waals surface area (Å²) in [5, 5.41) is 9.31. The molecule has 8 heteroatoms. The highest BCUT2D eigenvalue weighted by Crippen LogP contribution is 2.29. The van der Waals surface area contributed by atoms with E-state index in [1.165, 1.54) is 0 Å². The van der Waals surface area contributed by atoms with E-state index in [1.54, 1.807) is 31.2 Å². The van der Waals surface area contributed by atoms with Crippen LogP contribution >= 0.6 is 23.2 Å². The van der Waals surface area contributed by atoms with Gasteiger partial charge in [-0.05, 0) is 42.0 Å². The lowest BCUT2D eigenvalue weighted by atomic mass is 10.1. The first-order valence-corrected chi connectivity index (χ1v) is 9.85. The third-order valence-electron chi connectivity index (χ3n) is 4.10. The van der Waals surface area contributed by atoms with Crippen LogP contribution in [0.5, 0.6) is 5.75 Å². The molecular formula is C22H19Cl2N3O3. The molecule has 0 saturated heterocycles. The first-order valence-electron chi connectivity index (χ1n) is 9.10. The molecule has 0 unspecified atom stereocenters. The average molecular weight is 444 g/mol. The molecule has 30 heavy (non-hydrogen) atoms. The van der Waals surface area contributed by atoms with Gasteiger partial charge in [0.25, 0.3) is 5.91 Å². The number of amides is 2. The minimum atomic E-state index is -0.430. The molecule has 0 fully saturated rings. The molecule has 0 aliphatic carbocycles. The molecule has 3 rings (SSSR count). The number of anilines is 1. The number of nitrogens with one attached hydrogen (secondary N) is 2. The summed E-state index contributed by atoms with van der Waals surface area (Å²) < 4.78 is 5.50. The van der Waals surface area contributed by atoms with Gasteiger partial charge in [0.05, 0.1) is 22.2 Å². The number of fused-ring (bicyclic) bond motifs is 1. The summed E-state index contributed by atoms with van der Waals surface area (Å²) in [5.74, 6) is -0.176. The second-order valence-corrected chi connectivity index (χ2v) is 7.29. The van der Waals surface area contributed by atoms with E-state index in [0.717, 1.165) is 10.8 Å². The molecule has 0 aromatic heterocycles. The van der Waals surface area contributed by atoms with Crippen LogP contribution in [0.4, 0.5) is 5.69 Å². The van der Waals surface area contributed by atoms with Crippen LogP contribution in [-0.2, 0) is 9.59 Å². The third-order valence-corrected chi connectivity index (χ3v) is 4.92. The van der Waals surface area contributed by atoms with Crippen molar-refractivity contribution in [3.8, 4) is 5.75 Å². The molecule has 0 spiro atoms. The molecule has 154 valence electrons. The van der Waals surface area contributed by atoms with Crippen LogP contribution in [0.2, 0.25) is 10.0 Å². The summed E-state index contributed by atoms with van der Waals surface area (Å²) in [7, 11) is 0. The number of hydrogen-bond acceptors (Lipinski definition) is 4. The van der Waals surface area contributed by atoms with Crippen LogP contribution < -0.4 is 15.5 Å². The molecule has 0 bridgehead atoms. The second kappa shape index (κ2) is 10.1. The van der Waals surface area contributed by atoms with Gasteiger partial charge in [-0.25, -0.2) is 5.43 Å². The smallest absolute Gasteiger partial charge is 0.277 e. The number of carbonyl (C=O) groups is 2. The molecule has 3 aromatic rings. The van der Waals surface area contributed by atoms with E-state index < -0.39 is 5.91 Å². The van der Waals surface area contributed by atoms with E-state index in [1.807, 2.05) is 36.4 Å². The number of hydrazone groups is 1. The molecule has 0 heterocycles. The van der Waals surface area contributed by atoms with E-state index in [0.29, 0.717) is 22.2 Å². The Morgan fingerprint density at radius 1 is 0.967 bits per heavy atom. The highest BCUT2D eigenvalue weighted by atomic mass is 35.5. The molecule has 0 aliphatic heterocycles. The number of ether oxygens (including phenoxy) is 1. The van der Waals surface area contributed by atoms with Gasteiger partial charge in [-0.3, -0.25) is 9.59 Å². The van der Waals surface area contributed by atoms with Gasteiger partial charge in [0.2, 0.25) is 5.91 Å². The maximum absolute atomic E-state index is 12.1. The van der Waals surface area contributed by atoms with E-state index in [9.17, 15) is 9.59 Å². The third kappa shape index (κ3) is 5.95. The zero-order chi connectivity index (χ0) is 21.5. The van der Waals surface area contributed by atoms with Crippen LogP contribution in [0.25, 0.3) is 10.8 Å². The first-order chi connectivity index (χ1) is 14.4. The molecular weight excluding hydrogens is 425 g/mol. The Hall–Kier alpha value is -3.09. The molecule has 3 aromatic carbocycles. The quantitative estimate of drug-likeness (QED) is 0.396. The number of hydrogen-bond donors (Lipinski definition) is 2. The second-order valence-electron chi connectivity index (χ2n) is 6.51. The predicted molar refractivity (Wildman–Crippen MR) is 120 cm³/mol. The van der Waals surface area contributed by atoms with E-state index in [2.05, 4.69) is 15.8 Å². The van der Waals surface area contributed by atoms with Crippen molar-refractivity contribution in [1.82, 2.24) is 5.43 Å². The zero-order valence-electron chi connectivity index (χ0n) is 16.1. The topological polar surface area (TPSA) is 79.8 Å². The van der Waals surface area contributed by atoms with Gasteiger partial charge in [-0.2, -0.15) is 5.10 Å². The number of halogens is 2. The molecule has 0 atom stereocenters. The van der Waals surface area contributed by atoms with Crippen LogP contribution in [-0.4, -0.2) is 24.1 Å². The Morgan fingerprint density at radius 2 is 1.73 bits per heavy atom. The molecule has 6 nitrogen and oxygen atoms in total. The first kappa shape index (κ1) is 21.6. The van der Waals surface area contributed by atoms with Crippen molar-refractivity contribution in [2.75, 3.05) is 11.9 Å². The number of nitrogens with zero attached hydrogens (tertiary/aromatic N) is 1. The maximum atomic E-state index is 12.1. The fourth-order valence-corrected chi connectivity index (χ4v) is 3.01. The van der Waals surface area contributed by atoms with Crippen LogP contribution in [0, 0.1) is 0 Å². The van der Waals surface area contributed by atoms with E-state index in [-0.39, 0.29) is 24.0 Å². The lowest BCUT2D eigenvalue weighted by Gasteiger charge is -2.08. The van der Waals surface area contributed by atoms with Crippen LogP contribution in [0.15, 0.2) is 65.8 Å². The van der Waals surface area contributed by atoms with Crippen molar-refractivity contribution in [3.05, 3.63) is 70.7 Å². The molecule has 0 saturated carbocycles. The Labute approximate surface area is 183 Å². The summed E-state index contributed by atoms with van der Waals surface area (Å²) in [6, 6.07) is 18.4. The predicted octanol–water partition coefficient (Wildman–Crippen LogP) is 5.05. The Morgan fingerprint density at radius 3 is 2.53 bits per heavy atom. The van der Waals surface area contributed by atoms with Crippen molar-refractivity contribution in [2.45, 2.75) is 13.3 Å². The van der Waals surface area contributed by atoms with Crippen LogP contribution in [0.3, 0.4) is 0 Å². The van der Waals surface area contributed by atoms with E-state index in [4.69, 9.17) is 27.9 Å². The number of carbonyl (C=O) groups excluding carboxylic acids is 2. The highest BCUT2D eigenvalue weighted by Gasteiger charge is 2.10. The summed E-state index contributed by atoms with van der Waals surface area (Å²) in [6.45, 7) is 1.43. The van der Waals surface area contributed by atoms with Gasteiger partial charge in [0.1, 0.15) is 5.75 Å². The minimum absolute atomic E-state index is 0.0192. The summed E-state index contributed by atoms with van der Waals surface area (Å²) in [5.41, 5.74) is 3.21. The van der Waals surface area contributed by atoms with Crippen molar-refractivity contribution in [2.24, 2.45) is 5.10 Å². The van der Waals surface area contributed by atoms with Gasteiger partial charge in [-0.15, -0.1) is 0 Å². The van der Waals surface area contributed by atoms with Gasteiger partial charge in [-0.1, -0.05) is 59.6 Å². The van der Waals surface area contributed by atoms with Crippen molar-refractivity contribution >= 4 is 57.2 Å². The Kier molecular flexibility index (Phi) is 7.27. The van der Waals surface area contributed by atoms with Crippen molar-refractivity contribution in [3.63, 3.8) is 0 Å². The van der Waals surface area contributed by atoms with Crippen molar-refractivity contribution in [1.29, 1.82) is 0 Å². The molecule has 0 radical (unpaired) electrons. The normalized spacial score (nSPS) is 11.2. The van der Waals surface area contributed by atoms with E-state index >= 15 is 0 Å². The highest BCUT2D eigenvalue weighted by molar-refractivity contribution is 6.44. The van der Waals surface area contributed by atoms with Gasteiger partial charge >= 0.3 is 0 Å². The number of rotatable bonds is 7.